The lowest BCUT2D eigenvalue weighted by Gasteiger charge is -2.23. The molecule has 0 aromatic heterocycles. The summed E-state index contributed by atoms with van der Waals surface area (Å²) in [5, 5.41) is 0. The zero-order valence-electron chi connectivity index (χ0n) is 12.2. The minimum atomic E-state index is 0.119. The van der Waals surface area contributed by atoms with E-state index in [0.717, 1.165) is 18.8 Å². The second kappa shape index (κ2) is 6.18. The van der Waals surface area contributed by atoms with E-state index in [9.17, 15) is 4.79 Å². The van der Waals surface area contributed by atoms with Gasteiger partial charge in [0.2, 0.25) is 0 Å². The maximum atomic E-state index is 12.4. The van der Waals surface area contributed by atoms with E-state index in [1.54, 1.807) is 0 Å². The van der Waals surface area contributed by atoms with Gasteiger partial charge < -0.3 is 4.74 Å². The van der Waals surface area contributed by atoms with Crippen LogP contribution in [0.2, 0.25) is 0 Å². The number of ketones is 1. The van der Waals surface area contributed by atoms with Gasteiger partial charge in [-0.15, -0.1) is 0 Å². The van der Waals surface area contributed by atoms with Gasteiger partial charge in [0.15, 0.2) is 0 Å². The second-order valence-corrected chi connectivity index (χ2v) is 6.44. The van der Waals surface area contributed by atoms with E-state index in [0.29, 0.717) is 11.7 Å². The van der Waals surface area contributed by atoms with Gasteiger partial charge in [0.25, 0.3) is 0 Å². The molecule has 0 radical (unpaired) electrons. The Morgan fingerprint density at radius 3 is 2.28 bits per heavy atom. The summed E-state index contributed by atoms with van der Waals surface area (Å²) < 4.78 is 5.78. The van der Waals surface area contributed by atoms with Crippen molar-refractivity contribution in [3.63, 3.8) is 0 Å². The van der Waals surface area contributed by atoms with E-state index in [2.05, 4.69) is 20.8 Å². The third kappa shape index (κ3) is 3.14. The molecule has 0 spiro atoms. The molecule has 1 saturated carbocycles. The predicted octanol–water partition coefficient (Wildman–Crippen LogP) is 3.98. The normalized spacial score (nSPS) is 37.9. The van der Waals surface area contributed by atoms with Crippen molar-refractivity contribution in [3.8, 4) is 0 Å². The van der Waals surface area contributed by atoms with Crippen LogP contribution in [0.1, 0.15) is 65.7 Å². The van der Waals surface area contributed by atoms with Gasteiger partial charge >= 0.3 is 0 Å². The van der Waals surface area contributed by atoms with Gasteiger partial charge in [-0.25, -0.2) is 0 Å². The molecule has 0 aromatic carbocycles. The van der Waals surface area contributed by atoms with Crippen LogP contribution in [0.4, 0.5) is 0 Å². The van der Waals surface area contributed by atoms with E-state index in [1.165, 1.54) is 32.1 Å². The zero-order chi connectivity index (χ0) is 13.1. The molecule has 2 rings (SSSR count). The van der Waals surface area contributed by atoms with Crippen LogP contribution >= 0.6 is 0 Å². The predicted molar refractivity (Wildman–Crippen MR) is 73.5 cm³/mol. The lowest BCUT2D eigenvalue weighted by Crippen LogP contribution is -2.27. The first-order valence-electron chi connectivity index (χ1n) is 7.77. The Labute approximate surface area is 111 Å². The van der Waals surface area contributed by atoms with Crippen LogP contribution in [0.25, 0.3) is 0 Å². The van der Waals surface area contributed by atoms with Crippen molar-refractivity contribution >= 4 is 5.78 Å². The summed E-state index contributed by atoms with van der Waals surface area (Å²) >= 11 is 0. The maximum Gasteiger partial charge on any atom is 0.138 e. The molecule has 2 aliphatic rings. The van der Waals surface area contributed by atoms with Crippen LogP contribution in [0.5, 0.6) is 0 Å². The van der Waals surface area contributed by atoms with Crippen LogP contribution in [0.15, 0.2) is 0 Å². The van der Waals surface area contributed by atoms with E-state index in [1.807, 2.05) is 0 Å². The van der Waals surface area contributed by atoms with Crippen molar-refractivity contribution in [2.24, 2.45) is 17.8 Å². The molecule has 2 heteroatoms. The zero-order valence-corrected chi connectivity index (χ0v) is 12.2. The fourth-order valence-electron chi connectivity index (χ4n) is 3.81. The molecule has 1 saturated heterocycles. The van der Waals surface area contributed by atoms with E-state index < -0.39 is 0 Å². The van der Waals surface area contributed by atoms with E-state index in [4.69, 9.17) is 4.74 Å². The second-order valence-electron chi connectivity index (χ2n) is 6.44. The highest BCUT2D eigenvalue weighted by molar-refractivity contribution is 5.82. The van der Waals surface area contributed by atoms with Gasteiger partial charge in [0, 0.05) is 12.3 Å². The molecule has 0 bridgehead atoms. The van der Waals surface area contributed by atoms with Gasteiger partial charge in [0.1, 0.15) is 5.78 Å². The summed E-state index contributed by atoms with van der Waals surface area (Å²) in [5.41, 5.74) is 0. The SMILES string of the molecule is CC1OC(C)C(C(=O)CCC2CCCCC2)C1C. The first-order valence-corrected chi connectivity index (χ1v) is 7.77. The lowest BCUT2D eigenvalue weighted by molar-refractivity contribution is -0.125. The van der Waals surface area contributed by atoms with Gasteiger partial charge in [-0.3, -0.25) is 4.79 Å². The summed E-state index contributed by atoms with van der Waals surface area (Å²) in [6, 6.07) is 0. The Balaban J connectivity index is 1.80. The highest BCUT2D eigenvalue weighted by atomic mass is 16.5. The number of carbonyl (C=O) groups excluding carboxylic acids is 1. The highest BCUT2D eigenvalue weighted by Gasteiger charge is 2.40. The summed E-state index contributed by atoms with van der Waals surface area (Å²) in [5.74, 6) is 1.79. The standard InChI is InChI=1S/C16H28O2/c1-11-12(2)18-13(3)16(11)15(17)10-9-14-7-5-4-6-8-14/h11-14,16H,4-10H2,1-3H3. The largest absolute Gasteiger partial charge is 0.375 e. The molecule has 104 valence electrons. The van der Waals surface area contributed by atoms with Gasteiger partial charge in [-0.05, 0) is 32.1 Å². The molecule has 1 aliphatic carbocycles. The molecule has 2 nitrogen and oxygen atoms in total. The molecule has 0 aromatic rings. The minimum absolute atomic E-state index is 0.119. The van der Waals surface area contributed by atoms with Gasteiger partial charge in [-0.1, -0.05) is 39.0 Å². The van der Waals surface area contributed by atoms with Crippen LogP contribution < -0.4 is 0 Å². The van der Waals surface area contributed by atoms with Crippen LogP contribution in [-0.2, 0) is 9.53 Å². The summed E-state index contributed by atoms with van der Waals surface area (Å²) in [4.78, 5) is 12.4. The molecule has 4 unspecified atom stereocenters. The third-order valence-electron chi connectivity index (χ3n) is 5.14. The van der Waals surface area contributed by atoms with Crippen molar-refractivity contribution in [1.82, 2.24) is 0 Å². The fourth-order valence-corrected chi connectivity index (χ4v) is 3.81. The summed E-state index contributed by atoms with van der Waals surface area (Å²) in [6.45, 7) is 6.32. The maximum absolute atomic E-state index is 12.4. The molecule has 0 N–H and O–H groups in total. The Hall–Kier alpha value is -0.370. The smallest absolute Gasteiger partial charge is 0.138 e. The van der Waals surface area contributed by atoms with Crippen molar-refractivity contribution < 1.29 is 9.53 Å². The molecular formula is C16H28O2. The Bertz CT molecular complexity index is 281. The quantitative estimate of drug-likeness (QED) is 0.756. The topological polar surface area (TPSA) is 26.3 Å². The van der Waals surface area contributed by atoms with Crippen molar-refractivity contribution in [2.75, 3.05) is 0 Å². The average molecular weight is 252 g/mol. The monoisotopic (exact) mass is 252 g/mol. The molecule has 2 fully saturated rings. The van der Waals surface area contributed by atoms with Crippen LogP contribution in [0, 0.1) is 17.8 Å². The molecule has 4 atom stereocenters. The number of hydrogen-bond acceptors (Lipinski definition) is 2. The number of rotatable bonds is 4. The van der Waals surface area contributed by atoms with Gasteiger partial charge in [-0.2, -0.15) is 0 Å². The lowest BCUT2D eigenvalue weighted by atomic mass is 9.81. The molecule has 1 aliphatic heterocycles. The number of ether oxygens (including phenoxy) is 1. The minimum Gasteiger partial charge on any atom is -0.375 e. The van der Waals surface area contributed by atoms with Crippen LogP contribution in [-0.4, -0.2) is 18.0 Å². The first-order chi connectivity index (χ1) is 8.59. The van der Waals surface area contributed by atoms with Crippen molar-refractivity contribution in [1.29, 1.82) is 0 Å². The first kappa shape index (κ1) is 14.0. The van der Waals surface area contributed by atoms with Crippen LogP contribution in [0.3, 0.4) is 0 Å². The molecule has 1 heterocycles. The number of carbonyl (C=O) groups is 1. The van der Waals surface area contributed by atoms with Gasteiger partial charge in [0.05, 0.1) is 12.2 Å². The van der Waals surface area contributed by atoms with Crippen molar-refractivity contribution in [3.05, 3.63) is 0 Å². The Morgan fingerprint density at radius 1 is 1.06 bits per heavy atom. The van der Waals surface area contributed by atoms with Crippen molar-refractivity contribution in [2.45, 2.75) is 77.9 Å². The van der Waals surface area contributed by atoms with E-state index >= 15 is 0 Å². The summed E-state index contributed by atoms with van der Waals surface area (Å²) in [6.07, 6.45) is 9.07. The third-order valence-corrected chi connectivity index (χ3v) is 5.14. The highest BCUT2D eigenvalue weighted by Crippen LogP contribution is 2.35. The Morgan fingerprint density at radius 2 is 1.72 bits per heavy atom. The average Bonchev–Trinajstić information content (AvgIpc) is 2.62. The number of hydrogen-bond donors (Lipinski definition) is 0. The molecule has 0 amide bonds. The summed E-state index contributed by atoms with van der Waals surface area (Å²) in [7, 11) is 0. The van der Waals surface area contributed by atoms with E-state index in [-0.39, 0.29) is 18.1 Å². The number of Topliss-reactive ketones (excluding diaryl/α,β-unsaturated/α-hetero) is 1. The Kier molecular flexibility index (Phi) is 4.83. The molecule has 18 heavy (non-hydrogen) atoms. The fraction of sp³-hybridized carbons (Fsp3) is 0.938. The molecular weight excluding hydrogens is 224 g/mol.